The quantitative estimate of drug-likeness (QED) is 0.890. The van der Waals surface area contributed by atoms with Crippen LogP contribution in [0.15, 0.2) is 36.4 Å². The van der Waals surface area contributed by atoms with Crippen LogP contribution in [0.4, 0.5) is 0 Å². The Morgan fingerprint density at radius 3 is 2.25 bits per heavy atom. The molecule has 0 aliphatic rings. The number of hydrogen-bond acceptors (Lipinski definition) is 2. The second-order valence-corrected chi connectivity index (χ2v) is 5.44. The number of halogens is 2. The van der Waals surface area contributed by atoms with Crippen LogP contribution in [0.1, 0.15) is 22.7 Å². The van der Waals surface area contributed by atoms with E-state index in [1.54, 1.807) is 7.11 Å². The van der Waals surface area contributed by atoms with Gasteiger partial charge in [-0.05, 0) is 48.9 Å². The molecule has 0 saturated carbocycles. The van der Waals surface area contributed by atoms with Crippen LogP contribution in [0.3, 0.4) is 0 Å². The number of ether oxygens (including phenoxy) is 1. The van der Waals surface area contributed by atoms with Crippen molar-refractivity contribution in [1.82, 2.24) is 5.32 Å². The third-order valence-electron chi connectivity index (χ3n) is 3.33. The Balaban J connectivity index is 2.43. The molecule has 1 atom stereocenters. The van der Waals surface area contributed by atoms with E-state index >= 15 is 0 Å². The summed E-state index contributed by atoms with van der Waals surface area (Å²) in [5.74, 6) is 0.669. The Bertz CT molecular complexity index is 613. The predicted octanol–water partition coefficient (Wildman–Crippen LogP) is 4.62. The fourth-order valence-corrected chi connectivity index (χ4v) is 2.55. The van der Waals surface area contributed by atoms with Crippen molar-refractivity contribution < 1.29 is 4.74 Å². The Labute approximate surface area is 129 Å². The number of aryl methyl sites for hydroxylation is 1. The second kappa shape index (κ2) is 6.49. The third kappa shape index (κ3) is 3.09. The molecule has 2 aromatic rings. The average Bonchev–Trinajstić information content (AvgIpc) is 2.45. The van der Waals surface area contributed by atoms with Crippen LogP contribution in [0.2, 0.25) is 10.0 Å². The van der Waals surface area contributed by atoms with Crippen molar-refractivity contribution in [1.29, 1.82) is 0 Å². The van der Waals surface area contributed by atoms with E-state index in [9.17, 15) is 0 Å². The zero-order valence-corrected chi connectivity index (χ0v) is 13.2. The molecule has 1 N–H and O–H groups in total. The van der Waals surface area contributed by atoms with Gasteiger partial charge in [0.25, 0.3) is 0 Å². The Hall–Kier alpha value is -1.22. The monoisotopic (exact) mass is 309 g/mol. The van der Waals surface area contributed by atoms with Crippen LogP contribution in [0.25, 0.3) is 0 Å². The fourth-order valence-electron chi connectivity index (χ4n) is 2.17. The molecule has 0 spiro atoms. The van der Waals surface area contributed by atoms with Crippen molar-refractivity contribution in [2.24, 2.45) is 0 Å². The summed E-state index contributed by atoms with van der Waals surface area (Å²) in [6.45, 7) is 1.99. The van der Waals surface area contributed by atoms with Gasteiger partial charge in [0.05, 0.1) is 18.2 Å². The first-order valence-electron chi connectivity index (χ1n) is 6.33. The molecule has 0 radical (unpaired) electrons. The predicted molar refractivity (Wildman–Crippen MR) is 85.1 cm³/mol. The van der Waals surface area contributed by atoms with Crippen LogP contribution in [0, 0.1) is 6.92 Å². The highest BCUT2D eigenvalue weighted by atomic mass is 35.5. The Morgan fingerprint density at radius 1 is 1.00 bits per heavy atom. The Kier molecular flexibility index (Phi) is 4.92. The average molecular weight is 310 g/mol. The lowest BCUT2D eigenvalue weighted by molar-refractivity contribution is 0.414. The first-order chi connectivity index (χ1) is 9.56. The lowest BCUT2D eigenvalue weighted by Crippen LogP contribution is -2.17. The van der Waals surface area contributed by atoms with Gasteiger partial charge in [0.15, 0.2) is 0 Å². The summed E-state index contributed by atoms with van der Waals surface area (Å²) < 4.78 is 5.27. The van der Waals surface area contributed by atoms with Crippen LogP contribution in [-0.2, 0) is 0 Å². The number of benzene rings is 2. The highest BCUT2D eigenvalue weighted by Crippen LogP contribution is 2.31. The molecule has 0 fully saturated rings. The van der Waals surface area contributed by atoms with Crippen molar-refractivity contribution in [2.45, 2.75) is 13.0 Å². The van der Waals surface area contributed by atoms with E-state index in [4.69, 9.17) is 27.9 Å². The first-order valence-corrected chi connectivity index (χ1v) is 7.09. The number of rotatable bonds is 4. The van der Waals surface area contributed by atoms with E-state index in [1.807, 2.05) is 44.3 Å². The Morgan fingerprint density at radius 2 is 1.65 bits per heavy atom. The topological polar surface area (TPSA) is 21.3 Å². The van der Waals surface area contributed by atoms with Crippen LogP contribution in [-0.4, -0.2) is 14.2 Å². The maximum absolute atomic E-state index is 6.21. The first kappa shape index (κ1) is 15.2. The minimum absolute atomic E-state index is 0.0410. The van der Waals surface area contributed by atoms with E-state index < -0.39 is 0 Å². The van der Waals surface area contributed by atoms with Gasteiger partial charge in [0.2, 0.25) is 0 Å². The lowest BCUT2D eigenvalue weighted by Gasteiger charge is -2.19. The van der Waals surface area contributed by atoms with Gasteiger partial charge in [-0.1, -0.05) is 41.4 Å². The highest BCUT2D eigenvalue weighted by molar-refractivity contribution is 6.32. The summed E-state index contributed by atoms with van der Waals surface area (Å²) in [6, 6.07) is 11.9. The van der Waals surface area contributed by atoms with Gasteiger partial charge in [-0.15, -0.1) is 0 Å². The normalized spacial score (nSPS) is 12.2. The van der Waals surface area contributed by atoms with Crippen LogP contribution in [0.5, 0.6) is 5.75 Å². The largest absolute Gasteiger partial charge is 0.495 e. The molecule has 2 rings (SSSR count). The molecule has 20 heavy (non-hydrogen) atoms. The SMILES string of the molecule is CNC(c1ccc(C)c(Cl)c1)c1ccc(Cl)c(OC)c1. The summed E-state index contributed by atoms with van der Waals surface area (Å²) >= 11 is 12.3. The minimum atomic E-state index is 0.0410. The molecule has 0 aliphatic carbocycles. The van der Waals surface area contributed by atoms with Gasteiger partial charge >= 0.3 is 0 Å². The molecule has 4 heteroatoms. The molecule has 0 saturated heterocycles. The maximum atomic E-state index is 6.21. The van der Waals surface area contributed by atoms with E-state index in [2.05, 4.69) is 11.4 Å². The lowest BCUT2D eigenvalue weighted by atomic mass is 9.98. The molecule has 1 unspecified atom stereocenters. The van der Waals surface area contributed by atoms with E-state index in [0.29, 0.717) is 10.8 Å². The van der Waals surface area contributed by atoms with E-state index in [-0.39, 0.29) is 6.04 Å². The molecule has 0 aliphatic heterocycles. The van der Waals surface area contributed by atoms with Gasteiger partial charge in [0, 0.05) is 5.02 Å². The van der Waals surface area contributed by atoms with Crippen LogP contribution >= 0.6 is 23.2 Å². The van der Waals surface area contributed by atoms with Crippen molar-refractivity contribution in [3.8, 4) is 5.75 Å². The zero-order chi connectivity index (χ0) is 14.7. The molecule has 2 nitrogen and oxygen atoms in total. The number of methoxy groups -OCH3 is 1. The second-order valence-electron chi connectivity index (χ2n) is 4.62. The number of nitrogens with one attached hydrogen (secondary N) is 1. The summed E-state index contributed by atoms with van der Waals surface area (Å²) in [7, 11) is 3.53. The van der Waals surface area contributed by atoms with Crippen molar-refractivity contribution >= 4 is 23.2 Å². The van der Waals surface area contributed by atoms with Gasteiger partial charge in [-0.25, -0.2) is 0 Å². The van der Waals surface area contributed by atoms with Crippen molar-refractivity contribution in [3.05, 3.63) is 63.1 Å². The molecular formula is C16H17Cl2NO. The molecule has 0 aromatic heterocycles. The van der Waals surface area contributed by atoms with Gasteiger partial charge < -0.3 is 10.1 Å². The highest BCUT2D eigenvalue weighted by Gasteiger charge is 2.14. The smallest absolute Gasteiger partial charge is 0.137 e. The summed E-state index contributed by atoms with van der Waals surface area (Å²) in [5, 5.41) is 4.67. The van der Waals surface area contributed by atoms with Crippen molar-refractivity contribution in [3.63, 3.8) is 0 Å². The van der Waals surface area contributed by atoms with Gasteiger partial charge in [-0.2, -0.15) is 0 Å². The molecule has 0 bridgehead atoms. The van der Waals surface area contributed by atoms with E-state index in [1.165, 1.54) is 0 Å². The minimum Gasteiger partial charge on any atom is -0.495 e. The summed E-state index contributed by atoms with van der Waals surface area (Å²) in [5.41, 5.74) is 3.25. The summed E-state index contributed by atoms with van der Waals surface area (Å²) in [4.78, 5) is 0. The number of hydrogen-bond donors (Lipinski definition) is 1. The zero-order valence-electron chi connectivity index (χ0n) is 11.7. The third-order valence-corrected chi connectivity index (χ3v) is 4.05. The molecular weight excluding hydrogens is 293 g/mol. The molecule has 106 valence electrons. The molecule has 0 amide bonds. The fraction of sp³-hybridized carbons (Fsp3) is 0.250. The van der Waals surface area contributed by atoms with E-state index in [0.717, 1.165) is 21.7 Å². The van der Waals surface area contributed by atoms with Crippen molar-refractivity contribution in [2.75, 3.05) is 14.2 Å². The maximum Gasteiger partial charge on any atom is 0.137 e. The molecule has 2 aromatic carbocycles. The van der Waals surface area contributed by atoms with Gasteiger partial charge in [-0.3, -0.25) is 0 Å². The summed E-state index contributed by atoms with van der Waals surface area (Å²) in [6.07, 6.45) is 0. The standard InChI is InChI=1S/C16H17Cl2NO/c1-10-4-5-11(8-14(10)18)16(19-2)12-6-7-13(17)15(9-12)20-3/h4-9,16,19H,1-3H3. The molecule has 0 heterocycles. The van der Waals surface area contributed by atoms with Gasteiger partial charge in [0.1, 0.15) is 5.75 Å². The van der Waals surface area contributed by atoms with Crippen LogP contribution < -0.4 is 10.1 Å².